The minimum absolute atomic E-state index is 0.000246. The molecule has 1 aliphatic rings. The Morgan fingerprint density at radius 2 is 2.32 bits per heavy atom. The molecule has 1 atom stereocenters. The van der Waals surface area contributed by atoms with Crippen LogP contribution in [-0.2, 0) is 6.54 Å². The van der Waals surface area contributed by atoms with Gasteiger partial charge in [-0.05, 0) is 12.5 Å². The van der Waals surface area contributed by atoms with Gasteiger partial charge in [0, 0.05) is 25.1 Å². The highest BCUT2D eigenvalue weighted by Crippen LogP contribution is 2.31. The third-order valence-corrected chi connectivity index (χ3v) is 3.58. The minimum atomic E-state index is -0.153. The number of rotatable bonds is 5. The van der Waals surface area contributed by atoms with Crippen LogP contribution in [0.3, 0.4) is 0 Å². The maximum absolute atomic E-state index is 12.0. The molecule has 0 aliphatic carbocycles. The highest BCUT2D eigenvalue weighted by molar-refractivity contribution is 5.74. The molecule has 3 rings (SSSR count). The van der Waals surface area contributed by atoms with Crippen molar-refractivity contribution in [2.45, 2.75) is 25.4 Å². The standard InChI is InChI=1S/C15H19N5O2/c21-15(17-7-3-8-20-11-16-10-18-20)19-13-6-9-22-14-5-2-1-4-12(13)14/h1-2,4-5,10-11,13H,3,6-9H2,(H2,17,19,21)/t13-/m0/s1. The fourth-order valence-corrected chi connectivity index (χ4v) is 2.49. The van der Waals surface area contributed by atoms with Crippen molar-refractivity contribution in [1.82, 2.24) is 25.4 Å². The molecule has 2 N–H and O–H groups in total. The first-order valence-electron chi connectivity index (χ1n) is 7.41. The molecule has 7 nitrogen and oxygen atoms in total. The summed E-state index contributed by atoms with van der Waals surface area (Å²) >= 11 is 0. The summed E-state index contributed by atoms with van der Waals surface area (Å²) in [7, 11) is 0. The quantitative estimate of drug-likeness (QED) is 0.820. The molecule has 2 heterocycles. The summed E-state index contributed by atoms with van der Waals surface area (Å²) in [4.78, 5) is 15.9. The molecular weight excluding hydrogens is 282 g/mol. The number of hydrogen-bond donors (Lipinski definition) is 2. The van der Waals surface area contributed by atoms with Gasteiger partial charge in [-0.3, -0.25) is 4.68 Å². The van der Waals surface area contributed by atoms with Gasteiger partial charge in [-0.25, -0.2) is 9.78 Å². The summed E-state index contributed by atoms with van der Waals surface area (Å²) < 4.78 is 7.33. The Hall–Kier alpha value is -2.57. The van der Waals surface area contributed by atoms with Crippen LogP contribution >= 0.6 is 0 Å². The second kappa shape index (κ2) is 6.93. The number of benzene rings is 1. The van der Waals surface area contributed by atoms with Gasteiger partial charge >= 0.3 is 6.03 Å². The Balaban J connectivity index is 1.44. The summed E-state index contributed by atoms with van der Waals surface area (Å²) in [5, 5.41) is 9.89. The summed E-state index contributed by atoms with van der Waals surface area (Å²) in [6.07, 6.45) is 4.76. The lowest BCUT2D eigenvalue weighted by Gasteiger charge is -2.26. The largest absolute Gasteiger partial charge is 0.493 e. The van der Waals surface area contributed by atoms with E-state index >= 15 is 0 Å². The highest BCUT2D eigenvalue weighted by Gasteiger charge is 2.22. The molecule has 2 aromatic rings. The first-order chi connectivity index (χ1) is 10.8. The van der Waals surface area contributed by atoms with Crippen LogP contribution < -0.4 is 15.4 Å². The summed E-state index contributed by atoms with van der Waals surface area (Å²) in [6.45, 7) is 1.95. The summed E-state index contributed by atoms with van der Waals surface area (Å²) in [5.74, 6) is 0.852. The number of urea groups is 1. The molecule has 0 spiro atoms. The van der Waals surface area contributed by atoms with Crippen LogP contribution in [-0.4, -0.2) is 33.9 Å². The molecule has 1 aromatic carbocycles. The van der Waals surface area contributed by atoms with E-state index in [0.29, 0.717) is 13.2 Å². The van der Waals surface area contributed by atoms with E-state index in [1.165, 1.54) is 6.33 Å². The maximum Gasteiger partial charge on any atom is 0.315 e. The van der Waals surface area contributed by atoms with Gasteiger partial charge in [0.05, 0.1) is 12.6 Å². The van der Waals surface area contributed by atoms with Gasteiger partial charge in [0.15, 0.2) is 0 Å². The Morgan fingerprint density at radius 1 is 1.41 bits per heavy atom. The molecule has 1 aliphatic heterocycles. The van der Waals surface area contributed by atoms with Crippen molar-refractivity contribution in [3.05, 3.63) is 42.5 Å². The second-order valence-electron chi connectivity index (χ2n) is 5.14. The molecule has 22 heavy (non-hydrogen) atoms. The fraction of sp³-hybridized carbons (Fsp3) is 0.400. The van der Waals surface area contributed by atoms with Gasteiger partial charge in [-0.2, -0.15) is 5.10 Å². The summed E-state index contributed by atoms with van der Waals surface area (Å²) in [5.41, 5.74) is 1.03. The SMILES string of the molecule is O=C(NCCCn1cncn1)N[C@H]1CCOc2ccccc21. The van der Waals surface area contributed by atoms with E-state index in [2.05, 4.69) is 20.7 Å². The van der Waals surface area contributed by atoms with Crippen molar-refractivity contribution >= 4 is 6.03 Å². The van der Waals surface area contributed by atoms with Gasteiger partial charge < -0.3 is 15.4 Å². The lowest BCUT2D eigenvalue weighted by molar-refractivity contribution is 0.223. The molecule has 0 saturated heterocycles. The molecule has 7 heteroatoms. The van der Waals surface area contributed by atoms with E-state index in [0.717, 1.165) is 30.7 Å². The average Bonchev–Trinajstić information content (AvgIpc) is 3.05. The fourth-order valence-electron chi connectivity index (χ4n) is 2.49. The predicted octanol–water partition coefficient (Wildman–Crippen LogP) is 1.49. The van der Waals surface area contributed by atoms with Gasteiger partial charge in [0.1, 0.15) is 18.4 Å². The lowest BCUT2D eigenvalue weighted by atomic mass is 10.0. The monoisotopic (exact) mass is 301 g/mol. The molecule has 0 bridgehead atoms. The van der Waals surface area contributed by atoms with Gasteiger partial charge in [-0.1, -0.05) is 18.2 Å². The van der Waals surface area contributed by atoms with E-state index in [-0.39, 0.29) is 12.1 Å². The average molecular weight is 301 g/mol. The molecule has 1 aromatic heterocycles. The van der Waals surface area contributed by atoms with Gasteiger partial charge in [0.2, 0.25) is 0 Å². The number of amides is 2. The van der Waals surface area contributed by atoms with Crippen LogP contribution in [0.1, 0.15) is 24.4 Å². The number of fused-ring (bicyclic) bond motifs is 1. The number of aryl methyl sites for hydroxylation is 1. The third kappa shape index (κ3) is 3.55. The number of nitrogens with zero attached hydrogens (tertiary/aromatic N) is 3. The molecule has 2 amide bonds. The number of ether oxygens (including phenoxy) is 1. The molecule has 0 saturated carbocycles. The first-order valence-corrected chi connectivity index (χ1v) is 7.41. The van der Waals surface area contributed by atoms with E-state index in [1.54, 1.807) is 11.0 Å². The van der Waals surface area contributed by atoms with Crippen molar-refractivity contribution in [2.24, 2.45) is 0 Å². The van der Waals surface area contributed by atoms with E-state index < -0.39 is 0 Å². The smallest absolute Gasteiger partial charge is 0.315 e. The van der Waals surface area contributed by atoms with Crippen molar-refractivity contribution in [3.63, 3.8) is 0 Å². The zero-order valence-corrected chi connectivity index (χ0v) is 12.2. The van der Waals surface area contributed by atoms with Crippen molar-refractivity contribution in [2.75, 3.05) is 13.2 Å². The molecular formula is C15H19N5O2. The Bertz CT molecular complexity index is 614. The zero-order chi connectivity index (χ0) is 15.2. The second-order valence-corrected chi connectivity index (χ2v) is 5.14. The number of hydrogen-bond acceptors (Lipinski definition) is 4. The van der Waals surface area contributed by atoms with Crippen LogP contribution in [0.2, 0.25) is 0 Å². The van der Waals surface area contributed by atoms with Crippen molar-refractivity contribution in [1.29, 1.82) is 0 Å². The molecule has 0 radical (unpaired) electrons. The van der Waals surface area contributed by atoms with Crippen LogP contribution in [0.4, 0.5) is 4.79 Å². The molecule has 0 unspecified atom stereocenters. The van der Waals surface area contributed by atoms with Crippen LogP contribution in [0.15, 0.2) is 36.9 Å². The third-order valence-electron chi connectivity index (χ3n) is 3.58. The summed E-state index contributed by atoms with van der Waals surface area (Å²) in [6, 6.07) is 7.66. The van der Waals surface area contributed by atoms with E-state index in [9.17, 15) is 4.79 Å². The maximum atomic E-state index is 12.0. The topological polar surface area (TPSA) is 81.1 Å². The molecule has 0 fully saturated rings. The van der Waals surface area contributed by atoms with E-state index in [4.69, 9.17) is 4.74 Å². The van der Waals surface area contributed by atoms with Crippen molar-refractivity contribution in [3.8, 4) is 5.75 Å². The number of aromatic nitrogens is 3. The zero-order valence-electron chi connectivity index (χ0n) is 12.2. The number of carbonyl (C=O) groups excluding carboxylic acids is 1. The highest BCUT2D eigenvalue weighted by atomic mass is 16.5. The number of carbonyl (C=O) groups is 1. The Labute approximate surface area is 128 Å². The predicted molar refractivity (Wildman–Crippen MR) is 80.5 cm³/mol. The van der Waals surface area contributed by atoms with Crippen LogP contribution in [0.25, 0.3) is 0 Å². The normalized spacial score (nSPS) is 16.5. The van der Waals surface area contributed by atoms with Crippen LogP contribution in [0.5, 0.6) is 5.75 Å². The first kappa shape index (κ1) is 14.4. The van der Waals surface area contributed by atoms with Crippen molar-refractivity contribution < 1.29 is 9.53 Å². The van der Waals surface area contributed by atoms with E-state index in [1.807, 2.05) is 24.3 Å². The molecule has 116 valence electrons. The lowest BCUT2D eigenvalue weighted by Crippen LogP contribution is -2.40. The Morgan fingerprint density at radius 3 is 3.18 bits per heavy atom. The number of nitrogens with one attached hydrogen (secondary N) is 2. The number of para-hydroxylation sites is 1. The van der Waals surface area contributed by atoms with Crippen LogP contribution in [0, 0.1) is 0 Å². The van der Waals surface area contributed by atoms with Gasteiger partial charge in [-0.15, -0.1) is 0 Å². The minimum Gasteiger partial charge on any atom is -0.493 e. The van der Waals surface area contributed by atoms with Gasteiger partial charge in [0.25, 0.3) is 0 Å². The Kier molecular flexibility index (Phi) is 4.53.